The van der Waals surface area contributed by atoms with E-state index in [1.54, 1.807) is 19.0 Å². The van der Waals surface area contributed by atoms with E-state index in [1.807, 2.05) is 24.3 Å². The largest absolute Gasteiger partial charge is 0.398 e. The lowest BCUT2D eigenvalue weighted by atomic mass is 10.1. The lowest BCUT2D eigenvalue weighted by molar-refractivity contribution is -0.130. The van der Waals surface area contributed by atoms with Gasteiger partial charge in [0.1, 0.15) is 0 Å². The molecule has 1 aromatic rings. The van der Waals surface area contributed by atoms with Crippen molar-refractivity contribution in [2.45, 2.75) is 26.4 Å². The molecule has 0 spiro atoms. The number of nitrogen functional groups attached to an aromatic ring is 1. The van der Waals surface area contributed by atoms with E-state index in [0.29, 0.717) is 19.1 Å². The Kier molecular flexibility index (Phi) is 5.16. The van der Waals surface area contributed by atoms with Crippen LogP contribution in [-0.4, -0.2) is 42.4 Å². The second kappa shape index (κ2) is 6.40. The van der Waals surface area contributed by atoms with E-state index in [2.05, 4.69) is 18.7 Å². The molecule has 0 radical (unpaired) electrons. The first kappa shape index (κ1) is 14.5. The molecule has 0 aromatic heterocycles. The Bertz CT molecular complexity index is 402. The van der Waals surface area contributed by atoms with Crippen LogP contribution in [0.25, 0.3) is 0 Å². The first-order valence-corrected chi connectivity index (χ1v) is 6.19. The summed E-state index contributed by atoms with van der Waals surface area (Å²) < 4.78 is 0. The zero-order valence-electron chi connectivity index (χ0n) is 11.7. The lowest BCUT2D eigenvalue weighted by Gasteiger charge is -2.27. The molecule has 1 rings (SSSR count). The number of hydrogen-bond donors (Lipinski definition) is 1. The normalized spacial score (nSPS) is 11.0. The van der Waals surface area contributed by atoms with Crippen LogP contribution < -0.4 is 5.73 Å². The number of nitrogens with zero attached hydrogens (tertiary/aromatic N) is 2. The van der Waals surface area contributed by atoms with Gasteiger partial charge in [0.25, 0.3) is 0 Å². The minimum absolute atomic E-state index is 0.109. The number of likely N-dealkylation sites (N-methyl/N-ethyl adjacent to an activating group) is 1. The molecule has 0 saturated heterocycles. The first-order valence-electron chi connectivity index (χ1n) is 6.19. The fourth-order valence-electron chi connectivity index (χ4n) is 1.63. The van der Waals surface area contributed by atoms with Crippen molar-refractivity contribution in [3.8, 4) is 0 Å². The van der Waals surface area contributed by atoms with Crippen molar-refractivity contribution in [2.75, 3.05) is 26.4 Å². The number of para-hydroxylation sites is 1. The number of carbonyl (C=O) groups excluding carboxylic acids is 1. The van der Waals surface area contributed by atoms with Gasteiger partial charge in [-0.1, -0.05) is 18.2 Å². The van der Waals surface area contributed by atoms with Gasteiger partial charge in [-0.2, -0.15) is 0 Å². The molecule has 100 valence electrons. The highest BCUT2D eigenvalue weighted by molar-refractivity contribution is 5.77. The number of benzene rings is 1. The highest BCUT2D eigenvalue weighted by Crippen LogP contribution is 2.15. The highest BCUT2D eigenvalue weighted by atomic mass is 16.2. The molecule has 0 aliphatic carbocycles. The number of amides is 1. The van der Waals surface area contributed by atoms with Crippen LogP contribution in [0.4, 0.5) is 5.69 Å². The van der Waals surface area contributed by atoms with Gasteiger partial charge < -0.3 is 10.6 Å². The van der Waals surface area contributed by atoms with Crippen molar-refractivity contribution >= 4 is 11.6 Å². The van der Waals surface area contributed by atoms with Crippen LogP contribution in [0.5, 0.6) is 0 Å². The smallest absolute Gasteiger partial charge is 0.236 e. The van der Waals surface area contributed by atoms with Gasteiger partial charge in [0.2, 0.25) is 5.91 Å². The van der Waals surface area contributed by atoms with Gasteiger partial charge in [0.15, 0.2) is 0 Å². The SMILES string of the molecule is CC(C)N(CC(=O)N(C)C)Cc1ccccc1N. The minimum atomic E-state index is 0.109. The maximum absolute atomic E-state index is 11.8. The Morgan fingerprint density at radius 1 is 1.28 bits per heavy atom. The molecular formula is C14H23N3O. The Morgan fingerprint density at radius 3 is 2.39 bits per heavy atom. The zero-order valence-corrected chi connectivity index (χ0v) is 11.7. The van der Waals surface area contributed by atoms with Crippen LogP contribution in [0.1, 0.15) is 19.4 Å². The molecule has 0 saturated carbocycles. The summed E-state index contributed by atoms with van der Waals surface area (Å²) in [6.45, 7) is 5.28. The second-order valence-corrected chi connectivity index (χ2v) is 4.99. The number of carbonyl (C=O) groups is 1. The van der Waals surface area contributed by atoms with E-state index in [9.17, 15) is 4.79 Å². The Labute approximate surface area is 109 Å². The van der Waals surface area contributed by atoms with Crippen LogP contribution in [0.2, 0.25) is 0 Å². The van der Waals surface area contributed by atoms with Crippen LogP contribution in [0.3, 0.4) is 0 Å². The third-order valence-electron chi connectivity index (χ3n) is 3.00. The maximum Gasteiger partial charge on any atom is 0.236 e. The van der Waals surface area contributed by atoms with Crippen molar-refractivity contribution in [2.24, 2.45) is 0 Å². The molecule has 18 heavy (non-hydrogen) atoms. The summed E-state index contributed by atoms with van der Waals surface area (Å²) in [5.74, 6) is 0.109. The van der Waals surface area contributed by atoms with Gasteiger partial charge in [0.05, 0.1) is 6.54 Å². The average Bonchev–Trinajstić information content (AvgIpc) is 2.30. The van der Waals surface area contributed by atoms with E-state index in [1.165, 1.54) is 0 Å². The summed E-state index contributed by atoms with van der Waals surface area (Å²) in [5, 5.41) is 0. The van der Waals surface area contributed by atoms with Gasteiger partial charge >= 0.3 is 0 Å². The highest BCUT2D eigenvalue weighted by Gasteiger charge is 2.16. The number of rotatable bonds is 5. The van der Waals surface area contributed by atoms with E-state index < -0.39 is 0 Å². The van der Waals surface area contributed by atoms with Crippen LogP contribution in [0.15, 0.2) is 24.3 Å². The summed E-state index contributed by atoms with van der Waals surface area (Å²) >= 11 is 0. The van der Waals surface area contributed by atoms with Crippen molar-refractivity contribution in [3.63, 3.8) is 0 Å². The Balaban J connectivity index is 2.75. The van der Waals surface area contributed by atoms with Crippen LogP contribution >= 0.6 is 0 Å². The van der Waals surface area contributed by atoms with E-state index in [0.717, 1.165) is 11.3 Å². The first-order chi connectivity index (χ1) is 8.41. The van der Waals surface area contributed by atoms with Gasteiger partial charge in [-0.15, -0.1) is 0 Å². The van der Waals surface area contributed by atoms with Gasteiger partial charge in [-0.05, 0) is 25.5 Å². The van der Waals surface area contributed by atoms with Gasteiger partial charge in [0, 0.05) is 32.4 Å². The predicted molar refractivity (Wildman–Crippen MR) is 75.1 cm³/mol. The Morgan fingerprint density at radius 2 is 1.89 bits per heavy atom. The van der Waals surface area contributed by atoms with Gasteiger partial charge in [-0.3, -0.25) is 9.69 Å². The molecule has 1 amide bonds. The summed E-state index contributed by atoms with van der Waals surface area (Å²) in [6, 6.07) is 8.09. The summed E-state index contributed by atoms with van der Waals surface area (Å²) in [4.78, 5) is 15.5. The molecule has 0 fully saturated rings. The molecular weight excluding hydrogens is 226 g/mol. The molecule has 4 heteroatoms. The zero-order chi connectivity index (χ0) is 13.7. The third kappa shape index (κ3) is 4.04. The van der Waals surface area contributed by atoms with Crippen molar-refractivity contribution < 1.29 is 4.79 Å². The second-order valence-electron chi connectivity index (χ2n) is 4.99. The summed E-state index contributed by atoms with van der Waals surface area (Å²) in [6.07, 6.45) is 0. The van der Waals surface area contributed by atoms with Crippen LogP contribution in [0, 0.1) is 0 Å². The summed E-state index contributed by atoms with van der Waals surface area (Å²) in [5.41, 5.74) is 7.78. The fraction of sp³-hybridized carbons (Fsp3) is 0.500. The number of anilines is 1. The standard InChI is InChI=1S/C14H23N3O/c1-11(2)17(10-14(18)16(3)4)9-12-7-5-6-8-13(12)15/h5-8,11H,9-10,15H2,1-4H3. The lowest BCUT2D eigenvalue weighted by Crippen LogP contribution is -2.40. The van der Waals surface area contributed by atoms with Gasteiger partial charge in [-0.25, -0.2) is 0 Å². The van der Waals surface area contributed by atoms with E-state index >= 15 is 0 Å². The van der Waals surface area contributed by atoms with E-state index in [-0.39, 0.29) is 5.91 Å². The molecule has 0 unspecified atom stereocenters. The fourth-order valence-corrected chi connectivity index (χ4v) is 1.63. The predicted octanol–water partition coefficient (Wildman–Crippen LogP) is 1.57. The number of hydrogen-bond acceptors (Lipinski definition) is 3. The number of nitrogens with two attached hydrogens (primary N) is 1. The monoisotopic (exact) mass is 249 g/mol. The molecule has 0 heterocycles. The molecule has 0 bridgehead atoms. The maximum atomic E-state index is 11.8. The molecule has 0 atom stereocenters. The molecule has 0 aliphatic heterocycles. The average molecular weight is 249 g/mol. The Hall–Kier alpha value is -1.55. The topological polar surface area (TPSA) is 49.6 Å². The molecule has 1 aromatic carbocycles. The van der Waals surface area contributed by atoms with E-state index in [4.69, 9.17) is 5.73 Å². The van der Waals surface area contributed by atoms with Crippen molar-refractivity contribution in [3.05, 3.63) is 29.8 Å². The quantitative estimate of drug-likeness (QED) is 0.806. The molecule has 2 N–H and O–H groups in total. The third-order valence-corrected chi connectivity index (χ3v) is 3.00. The summed E-state index contributed by atoms with van der Waals surface area (Å²) in [7, 11) is 3.55. The van der Waals surface area contributed by atoms with Crippen molar-refractivity contribution in [1.29, 1.82) is 0 Å². The molecule has 4 nitrogen and oxygen atoms in total. The van der Waals surface area contributed by atoms with Crippen LogP contribution in [-0.2, 0) is 11.3 Å². The minimum Gasteiger partial charge on any atom is -0.398 e. The molecule has 0 aliphatic rings. The van der Waals surface area contributed by atoms with Crippen molar-refractivity contribution in [1.82, 2.24) is 9.80 Å².